The number of halogens is 1. The van der Waals surface area contributed by atoms with Crippen molar-refractivity contribution in [1.82, 2.24) is 9.97 Å². The molecule has 3 nitrogen and oxygen atoms in total. The average Bonchev–Trinajstić information content (AvgIpc) is 2.17. The highest BCUT2D eigenvalue weighted by Gasteiger charge is 2.03. The lowest BCUT2D eigenvalue weighted by Gasteiger charge is -1.97. The molecule has 2 aromatic rings. The van der Waals surface area contributed by atoms with Gasteiger partial charge in [0.2, 0.25) is 0 Å². The summed E-state index contributed by atoms with van der Waals surface area (Å²) in [6.07, 6.45) is 0. The van der Waals surface area contributed by atoms with E-state index < -0.39 is 0 Å². The summed E-state index contributed by atoms with van der Waals surface area (Å²) in [5, 5.41) is 8.70. The number of rotatable bonds is 0. The highest BCUT2D eigenvalue weighted by Crippen LogP contribution is 2.16. The minimum atomic E-state index is 0.318. The molecule has 13 heavy (non-hydrogen) atoms. The van der Waals surface area contributed by atoms with E-state index in [0.717, 1.165) is 11.0 Å². The van der Waals surface area contributed by atoms with Crippen LogP contribution in [0.15, 0.2) is 28.9 Å². The Balaban J connectivity index is 2.83. The van der Waals surface area contributed by atoms with Crippen molar-refractivity contribution in [3.8, 4) is 6.07 Å². The first-order valence-corrected chi connectivity index (χ1v) is 4.43. The fraction of sp³-hybridized carbons (Fsp3) is 0. The van der Waals surface area contributed by atoms with E-state index in [1.807, 2.05) is 30.3 Å². The van der Waals surface area contributed by atoms with Crippen molar-refractivity contribution in [1.29, 1.82) is 5.26 Å². The summed E-state index contributed by atoms with van der Waals surface area (Å²) >= 11 is 3.18. The maximum atomic E-state index is 8.70. The summed E-state index contributed by atoms with van der Waals surface area (Å²) in [6.45, 7) is 0. The number of hydrogen-bond donors (Lipinski definition) is 0. The van der Waals surface area contributed by atoms with E-state index >= 15 is 0 Å². The Bertz CT molecular complexity index is 502. The van der Waals surface area contributed by atoms with Crippen LogP contribution in [0.1, 0.15) is 5.69 Å². The molecule has 0 radical (unpaired) electrons. The van der Waals surface area contributed by atoms with Crippen LogP contribution in [0.25, 0.3) is 11.0 Å². The molecule has 0 atom stereocenters. The van der Waals surface area contributed by atoms with Crippen molar-refractivity contribution < 1.29 is 0 Å². The van der Waals surface area contributed by atoms with Gasteiger partial charge in [-0.3, -0.25) is 0 Å². The molecule has 0 N–H and O–H groups in total. The predicted octanol–water partition coefficient (Wildman–Crippen LogP) is 2.26. The largest absolute Gasteiger partial charge is 0.236 e. The molecule has 0 fully saturated rings. The van der Waals surface area contributed by atoms with Crippen LogP contribution in [-0.4, -0.2) is 9.97 Å². The van der Waals surface area contributed by atoms with Crippen molar-refractivity contribution >= 4 is 27.0 Å². The first-order chi connectivity index (χ1) is 6.31. The topological polar surface area (TPSA) is 49.6 Å². The van der Waals surface area contributed by atoms with Gasteiger partial charge in [-0.05, 0) is 28.1 Å². The first kappa shape index (κ1) is 8.14. The van der Waals surface area contributed by atoms with Crippen molar-refractivity contribution in [2.75, 3.05) is 0 Å². The maximum absolute atomic E-state index is 8.70. The number of aromatic nitrogens is 2. The molecule has 0 amide bonds. The Kier molecular flexibility index (Phi) is 1.95. The van der Waals surface area contributed by atoms with E-state index in [0.29, 0.717) is 10.3 Å². The highest BCUT2D eigenvalue weighted by molar-refractivity contribution is 9.10. The Morgan fingerprint density at radius 1 is 1.15 bits per heavy atom. The molecule has 0 aliphatic heterocycles. The fourth-order valence-electron chi connectivity index (χ4n) is 1.05. The van der Waals surface area contributed by atoms with Gasteiger partial charge >= 0.3 is 0 Å². The van der Waals surface area contributed by atoms with Crippen LogP contribution in [0.5, 0.6) is 0 Å². The molecule has 0 bridgehead atoms. The van der Waals surface area contributed by atoms with E-state index in [1.54, 1.807) is 0 Å². The van der Waals surface area contributed by atoms with Gasteiger partial charge < -0.3 is 0 Å². The standard InChI is InChI=1S/C9H4BrN3/c10-9-8(5-11)12-6-3-1-2-4-7(6)13-9/h1-4H. The molecule has 0 spiro atoms. The molecule has 1 aromatic carbocycles. The lowest BCUT2D eigenvalue weighted by atomic mass is 10.3. The summed E-state index contributed by atoms with van der Waals surface area (Å²) < 4.78 is 0.494. The Morgan fingerprint density at radius 2 is 1.77 bits per heavy atom. The zero-order valence-corrected chi connectivity index (χ0v) is 8.12. The van der Waals surface area contributed by atoms with Gasteiger partial charge in [0, 0.05) is 0 Å². The summed E-state index contributed by atoms with van der Waals surface area (Å²) in [4.78, 5) is 8.30. The van der Waals surface area contributed by atoms with Crippen molar-refractivity contribution in [2.45, 2.75) is 0 Å². The molecule has 1 aromatic heterocycles. The molecule has 0 saturated heterocycles. The molecule has 2 rings (SSSR count). The van der Waals surface area contributed by atoms with Crippen molar-refractivity contribution in [3.63, 3.8) is 0 Å². The molecular formula is C9H4BrN3. The van der Waals surface area contributed by atoms with Gasteiger partial charge in [-0.25, -0.2) is 9.97 Å². The lowest BCUT2D eigenvalue weighted by molar-refractivity contribution is 1.20. The van der Waals surface area contributed by atoms with Crippen LogP contribution >= 0.6 is 15.9 Å². The van der Waals surface area contributed by atoms with Gasteiger partial charge in [0.25, 0.3) is 0 Å². The molecule has 0 aliphatic carbocycles. The predicted molar refractivity (Wildman–Crippen MR) is 52.0 cm³/mol. The average molecular weight is 234 g/mol. The van der Waals surface area contributed by atoms with Gasteiger partial charge in [0.05, 0.1) is 11.0 Å². The van der Waals surface area contributed by atoms with Crippen LogP contribution in [-0.2, 0) is 0 Å². The molecule has 62 valence electrons. The molecule has 0 aliphatic rings. The zero-order chi connectivity index (χ0) is 9.26. The number of para-hydroxylation sites is 2. The van der Waals surface area contributed by atoms with Gasteiger partial charge in [-0.1, -0.05) is 12.1 Å². The second kappa shape index (κ2) is 3.11. The van der Waals surface area contributed by atoms with Crippen LogP contribution in [0.3, 0.4) is 0 Å². The lowest BCUT2D eigenvalue weighted by Crippen LogP contribution is -1.90. The summed E-state index contributed by atoms with van der Waals surface area (Å²) in [7, 11) is 0. The minimum absolute atomic E-state index is 0.318. The number of hydrogen-bond acceptors (Lipinski definition) is 3. The smallest absolute Gasteiger partial charge is 0.174 e. The minimum Gasteiger partial charge on any atom is -0.236 e. The Morgan fingerprint density at radius 3 is 2.38 bits per heavy atom. The number of nitrogens with zero attached hydrogens (tertiary/aromatic N) is 3. The van der Waals surface area contributed by atoms with E-state index in [1.165, 1.54) is 0 Å². The maximum Gasteiger partial charge on any atom is 0.174 e. The van der Waals surface area contributed by atoms with Gasteiger partial charge in [-0.15, -0.1) is 0 Å². The molecular weight excluding hydrogens is 230 g/mol. The summed E-state index contributed by atoms with van der Waals surface area (Å²) in [6, 6.07) is 9.40. The summed E-state index contributed by atoms with van der Waals surface area (Å²) in [5.74, 6) is 0. The summed E-state index contributed by atoms with van der Waals surface area (Å²) in [5.41, 5.74) is 1.84. The van der Waals surface area contributed by atoms with Crippen LogP contribution in [0.2, 0.25) is 0 Å². The van der Waals surface area contributed by atoms with Crippen molar-refractivity contribution in [3.05, 3.63) is 34.6 Å². The monoisotopic (exact) mass is 233 g/mol. The number of nitriles is 1. The SMILES string of the molecule is N#Cc1nc2ccccc2nc1Br. The van der Waals surface area contributed by atoms with Crippen LogP contribution < -0.4 is 0 Å². The quantitative estimate of drug-likeness (QED) is 0.702. The second-order valence-corrected chi connectivity index (χ2v) is 3.21. The fourth-order valence-corrected chi connectivity index (χ4v) is 1.42. The molecule has 1 heterocycles. The van der Waals surface area contributed by atoms with Gasteiger partial charge in [0.15, 0.2) is 5.69 Å². The normalized spacial score (nSPS) is 9.85. The Hall–Kier alpha value is -1.47. The molecule has 4 heteroatoms. The third-order valence-electron chi connectivity index (χ3n) is 1.63. The highest BCUT2D eigenvalue weighted by atomic mass is 79.9. The van der Waals surface area contributed by atoms with E-state index in [2.05, 4.69) is 25.9 Å². The van der Waals surface area contributed by atoms with E-state index in [4.69, 9.17) is 5.26 Å². The third-order valence-corrected chi connectivity index (χ3v) is 2.19. The van der Waals surface area contributed by atoms with Crippen LogP contribution in [0.4, 0.5) is 0 Å². The van der Waals surface area contributed by atoms with Crippen molar-refractivity contribution in [2.24, 2.45) is 0 Å². The number of fused-ring (bicyclic) bond motifs is 1. The third kappa shape index (κ3) is 1.38. The number of benzene rings is 1. The van der Waals surface area contributed by atoms with Gasteiger partial charge in [-0.2, -0.15) is 5.26 Å². The molecule has 0 unspecified atom stereocenters. The van der Waals surface area contributed by atoms with Gasteiger partial charge in [0.1, 0.15) is 10.7 Å². The Labute approximate surface area is 83.2 Å². The molecule has 0 saturated carbocycles. The second-order valence-electron chi connectivity index (χ2n) is 2.46. The van der Waals surface area contributed by atoms with E-state index in [9.17, 15) is 0 Å². The first-order valence-electron chi connectivity index (χ1n) is 3.63. The zero-order valence-electron chi connectivity index (χ0n) is 6.53. The van der Waals surface area contributed by atoms with Crippen LogP contribution in [0, 0.1) is 11.3 Å². The van der Waals surface area contributed by atoms with E-state index in [-0.39, 0.29) is 0 Å².